The molecule has 0 bridgehead atoms. The fraction of sp³-hybridized carbons (Fsp3) is 0.500. The van der Waals surface area contributed by atoms with Crippen LogP contribution < -0.4 is 0 Å². The van der Waals surface area contributed by atoms with E-state index in [2.05, 4.69) is 15.9 Å². The van der Waals surface area contributed by atoms with Crippen LogP contribution in [0.4, 0.5) is 0 Å². The summed E-state index contributed by atoms with van der Waals surface area (Å²) in [6.07, 6.45) is 0. The number of ether oxygens (including phenoxy) is 1. The molecule has 1 atom stereocenters. The number of benzene rings is 1. The van der Waals surface area contributed by atoms with Gasteiger partial charge >= 0.3 is 0 Å². The summed E-state index contributed by atoms with van der Waals surface area (Å²) < 4.78 is 32.2. The molecule has 0 saturated carbocycles. The SMILES string of the molecule is CCN(C(C)COC)S(=O)(=O)c1cccc(Br)c1. The molecule has 0 aliphatic carbocycles. The zero-order valence-electron chi connectivity index (χ0n) is 10.8. The molecule has 0 aliphatic heterocycles. The van der Waals surface area contributed by atoms with E-state index in [1.165, 1.54) is 4.31 Å². The smallest absolute Gasteiger partial charge is 0.243 e. The van der Waals surface area contributed by atoms with Gasteiger partial charge in [-0.05, 0) is 25.1 Å². The third-order valence-electron chi connectivity index (χ3n) is 2.61. The summed E-state index contributed by atoms with van der Waals surface area (Å²) in [5, 5.41) is 0. The van der Waals surface area contributed by atoms with Crippen LogP contribution in [0.2, 0.25) is 0 Å². The maximum absolute atomic E-state index is 12.5. The van der Waals surface area contributed by atoms with Gasteiger partial charge in [0, 0.05) is 24.2 Å². The molecule has 0 aliphatic rings. The second kappa shape index (κ2) is 6.65. The van der Waals surface area contributed by atoms with E-state index >= 15 is 0 Å². The molecule has 0 radical (unpaired) electrons. The first-order chi connectivity index (χ1) is 8.43. The van der Waals surface area contributed by atoms with E-state index in [1.54, 1.807) is 31.4 Å². The molecule has 1 aromatic rings. The van der Waals surface area contributed by atoms with Crippen molar-refractivity contribution >= 4 is 26.0 Å². The Morgan fingerprint density at radius 3 is 2.61 bits per heavy atom. The van der Waals surface area contributed by atoms with E-state index < -0.39 is 10.0 Å². The average Bonchev–Trinajstić information content (AvgIpc) is 2.30. The van der Waals surface area contributed by atoms with Crippen LogP contribution in [0.3, 0.4) is 0 Å². The van der Waals surface area contributed by atoms with Crippen LogP contribution in [-0.4, -0.2) is 39.0 Å². The highest BCUT2D eigenvalue weighted by atomic mass is 79.9. The van der Waals surface area contributed by atoms with Crippen LogP contribution in [0.5, 0.6) is 0 Å². The molecule has 0 fully saturated rings. The van der Waals surface area contributed by atoms with Gasteiger partial charge in [0.1, 0.15) is 0 Å². The van der Waals surface area contributed by atoms with E-state index in [-0.39, 0.29) is 6.04 Å². The van der Waals surface area contributed by atoms with Gasteiger partial charge in [0.2, 0.25) is 10.0 Å². The van der Waals surface area contributed by atoms with Crippen molar-refractivity contribution in [3.63, 3.8) is 0 Å². The molecule has 0 saturated heterocycles. The molecule has 0 amide bonds. The second-order valence-corrected chi connectivity index (χ2v) is 6.78. The quantitative estimate of drug-likeness (QED) is 0.802. The minimum absolute atomic E-state index is 0.191. The fourth-order valence-electron chi connectivity index (χ4n) is 1.81. The van der Waals surface area contributed by atoms with Crippen LogP contribution in [-0.2, 0) is 14.8 Å². The fourth-order valence-corrected chi connectivity index (χ4v) is 4.03. The van der Waals surface area contributed by atoms with Gasteiger partial charge < -0.3 is 4.74 Å². The van der Waals surface area contributed by atoms with Gasteiger partial charge in [0.15, 0.2) is 0 Å². The number of methoxy groups -OCH3 is 1. The van der Waals surface area contributed by atoms with Gasteiger partial charge in [0.05, 0.1) is 11.5 Å². The number of hydrogen-bond donors (Lipinski definition) is 0. The van der Waals surface area contributed by atoms with Crippen molar-refractivity contribution in [1.82, 2.24) is 4.31 Å². The molecule has 0 N–H and O–H groups in total. The lowest BCUT2D eigenvalue weighted by Crippen LogP contribution is -2.40. The summed E-state index contributed by atoms with van der Waals surface area (Å²) >= 11 is 3.29. The Morgan fingerprint density at radius 2 is 2.11 bits per heavy atom. The lowest BCUT2D eigenvalue weighted by atomic mass is 10.3. The maximum atomic E-state index is 12.5. The predicted molar refractivity (Wildman–Crippen MR) is 75.0 cm³/mol. The topological polar surface area (TPSA) is 46.6 Å². The number of hydrogen-bond acceptors (Lipinski definition) is 3. The highest BCUT2D eigenvalue weighted by molar-refractivity contribution is 9.10. The first-order valence-corrected chi connectivity index (χ1v) is 7.93. The summed E-state index contributed by atoms with van der Waals surface area (Å²) in [7, 11) is -1.91. The van der Waals surface area contributed by atoms with Crippen molar-refractivity contribution in [2.75, 3.05) is 20.3 Å². The third kappa shape index (κ3) is 3.54. The first kappa shape index (κ1) is 15.6. The molecule has 6 heteroatoms. The molecule has 0 heterocycles. The monoisotopic (exact) mass is 335 g/mol. The lowest BCUT2D eigenvalue weighted by Gasteiger charge is -2.26. The first-order valence-electron chi connectivity index (χ1n) is 5.69. The van der Waals surface area contributed by atoms with Gasteiger partial charge in [0.25, 0.3) is 0 Å². The Balaban J connectivity index is 3.11. The number of sulfonamides is 1. The molecule has 4 nitrogen and oxygen atoms in total. The Bertz CT molecular complexity index is 490. The van der Waals surface area contributed by atoms with E-state index in [9.17, 15) is 8.42 Å². The highest BCUT2D eigenvalue weighted by Crippen LogP contribution is 2.21. The van der Waals surface area contributed by atoms with E-state index in [0.29, 0.717) is 18.0 Å². The number of halogens is 1. The minimum Gasteiger partial charge on any atom is -0.383 e. The van der Waals surface area contributed by atoms with Crippen molar-refractivity contribution in [2.24, 2.45) is 0 Å². The Hall–Kier alpha value is -0.430. The molecule has 18 heavy (non-hydrogen) atoms. The van der Waals surface area contributed by atoms with Crippen molar-refractivity contribution in [3.05, 3.63) is 28.7 Å². The zero-order valence-corrected chi connectivity index (χ0v) is 13.2. The van der Waals surface area contributed by atoms with Crippen LogP contribution in [0.15, 0.2) is 33.6 Å². The van der Waals surface area contributed by atoms with Crippen molar-refractivity contribution < 1.29 is 13.2 Å². The maximum Gasteiger partial charge on any atom is 0.243 e. The molecule has 1 aromatic carbocycles. The summed E-state index contributed by atoms with van der Waals surface area (Å²) in [5.41, 5.74) is 0. The molecule has 102 valence electrons. The molecule has 0 aromatic heterocycles. The Kier molecular flexibility index (Phi) is 5.78. The number of nitrogens with zero attached hydrogens (tertiary/aromatic N) is 1. The van der Waals surface area contributed by atoms with Gasteiger partial charge in [-0.25, -0.2) is 8.42 Å². The van der Waals surface area contributed by atoms with Crippen molar-refractivity contribution in [2.45, 2.75) is 24.8 Å². The molecular formula is C12H18BrNO3S. The Morgan fingerprint density at radius 1 is 1.44 bits per heavy atom. The normalized spacial score (nSPS) is 13.8. The standard InChI is InChI=1S/C12H18BrNO3S/c1-4-14(10(2)9-17-3)18(15,16)12-7-5-6-11(13)8-12/h5-8,10H,4,9H2,1-3H3. The van der Waals surface area contributed by atoms with Gasteiger partial charge in [-0.2, -0.15) is 4.31 Å². The van der Waals surface area contributed by atoms with Crippen molar-refractivity contribution in [3.8, 4) is 0 Å². The van der Waals surface area contributed by atoms with Crippen molar-refractivity contribution in [1.29, 1.82) is 0 Å². The average molecular weight is 336 g/mol. The highest BCUT2D eigenvalue weighted by Gasteiger charge is 2.27. The van der Waals surface area contributed by atoms with Crippen LogP contribution in [0, 0.1) is 0 Å². The summed E-state index contributed by atoms with van der Waals surface area (Å²) in [6.45, 7) is 4.45. The van der Waals surface area contributed by atoms with Gasteiger partial charge in [-0.1, -0.05) is 28.9 Å². The van der Waals surface area contributed by atoms with E-state index in [0.717, 1.165) is 4.47 Å². The number of rotatable bonds is 6. The van der Waals surface area contributed by atoms with Crippen LogP contribution >= 0.6 is 15.9 Å². The molecule has 1 rings (SSSR count). The molecule has 0 spiro atoms. The van der Waals surface area contributed by atoms with Crippen LogP contribution in [0.25, 0.3) is 0 Å². The predicted octanol–water partition coefficient (Wildman–Crippen LogP) is 2.49. The van der Waals surface area contributed by atoms with E-state index in [1.807, 2.05) is 13.8 Å². The van der Waals surface area contributed by atoms with Gasteiger partial charge in [-0.3, -0.25) is 0 Å². The summed E-state index contributed by atoms with van der Waals surface area (Å²) in [4.78, 5) is 0.293. The molecular weight excluding hydrogens is 318 g/mol. The third-order valence-corrected chi connectivity index (χ3v) is 5.19. The van der Waals surface area contributed by atoms with Gasteiger partial charge in [-0.15, -0.1) is 0 Å². The Labute approximate surface area is 117 Å². The van der Waals surface area contributed by atoms with Crippen LogP contribution in [0.1, 0.15) is 13.8 Å². The lowest BCUT2D eigenvalue weighted by molar-refractivity contribution is 0.142. The van der Waals surface area contributed by atoms with E-state index in [4.69, 9.17) is 4.74 Å². The minimum atomic E-state index is -3.47. The summed E-state index contributed by atoms with van der Waals surface area (Å²) in [5.74, 6) is 0. The summed E-state index contributed by atoms with van der Waals surface area (Å²) in [6, 6.07) is 6.53. The number of likely N-dealkylation sites (N-methyl/N-ethyl adjacent to an activating group) is 1. The largest absolute Gasteiger partial charge is 0.383 e. The zero-order chi connectivity index (χ0) is 13.8. The second-order valence-electron chi connectivity index (χ2n) is 3.97. The molecule has 1 unspecified atom stereocenters.